The van der Waals surface area contributed by atoms with Gasteiger partial charge < -0.3 is 25.6 Å². The molecule has 1 aliphatic heterocycles. The molecule has 1 aromatic heterocycles. The molecule has 1 aromatic carbocycles. The summed E-state index contributed by atoms with van der Waals surface area (Å²) in [6.07, 6.45) is 2.99. The molecule has 1 unspecified atom stereocenters. The van der Waals surface area contributed by atoms with Crippen molar-refractivity contribution in [2.24, 2.45) is 0 Å². The van der Waals surface area contributed by atoms with Gasteiger partial charge in [0.05, 0.1) is 5.69 Å². The number of benzene rings is 1. The topological polar surface area (TPSA) is 95.6 Å². The summed E-state index contributed by atoms with van der Waals surface area (Å²) >= 11 is 0. The standard InChI is InChI=1S/C19H23N5O3/c1-12-11-20-7-6-15(12)21-8-9-22-19(26)23-14-4-5-17-16(10-14)24(3)18(25)13(2)27-17/h4-7,10-11,13H,8-9H2,1-3H3,(H,20,21)(H2,22,23,26). The number of nitrogens with zero attached hydrogens (tertiary/aromatic N) is 2. The molecule has 3 N–H and O–H groups in total. The number of fused-ring (bicyclic) bond motifs is 1. The molecule has 1 atom stereocenters. The summed E-state index contributed by atoms with van der Waals surface area (Å²) in [6, 6.07) is 6.79. The Morgan fingerprint density at radius 3 is 2.89 bits per heavy atom. The number of aryl methyl sites for hydroxylation is 1. The van der Waals surface area contributed by atoms with Crippen LogP contribution >= 0.6 is 0 Å². The first kappa shape index (κ1) is 18.5. The summed E-state index contributed by atoms with van der Waals surface area (Å²) in [4.78, 5) is 29.7. The molecule has 0 aliphatic carbocycles. The van der Waals surface area contributed by atoms with E-state index >= 15 is 0 Å². The first-order valence-corrected chi connectivity index (χ1v) is 8.73. The number of urea groups is 1. The van der Waals surface area contributed by atoms with Gasteiger partial charge in [0.25, 0.3) is 5.91 Å². The van der Waals surface area contributed by atoms with Gasteiger partial charge in [-0.25, -0.2) is 4.79 Å². The summed E-state index contributed by atoms with van der Waals surface area (Å²) in [7, 11) is 1.69. The lowest BCUT2D eigenvalue weighted by Crippen LogP contribution is -2.42. The predicted octanol–water partition coefficient (Wildman–Crippen LogP) is 2.37. The van der Waals surface area contributed by atoms with E-state index in [4.69, 9.17) is 4.74 Å². The normalized spacial score (nSPS) is 15.6. The molecule has 142 valence electrons. The van der Waals surface area contributed by atoms with Crippen LogP contribution in [0.2, 0.25) is 0 Å². The highest BCUT2D eigenvalue weighted by Crippen LogP contribution is 2.35. The maximum Gasteiger partial charge on any atom is 0.319 e. The maximum atomic E-state index is 12.1. The fourth-order valence-corrected chi connectivity index (χ4v) is 2.81. The Morgan fingerprint density at radius 2 is 2.11 bits per heavy atom. The van der Waals surface area contributed by atoms with Gasteiger partial charge in [0.1, 0.15) is 5.75 Å². The average Bonchev–Trinajstić information content (AvgIpc) is 2.65. The zero-order valence-corrected chi connectivity index (χ0v) is 15.6. The van der Waals surface area contributed by atoms with Crippen LogP contribution in [0.1, 0.15) is 12.5 Å². The van der Waals surface area contributed by atoms with Crippen molar-refractivity contribution < 1.29 is 14.3 Å². The van der Waals surface area contributed by atoms with Gasteiger partial charge in [-0.3, -0.25) is 9.78 Å². The summed E-state index contributed by atoms with van der Waals surface area (Å²) in [5.74, 6) is 0.495. The van der Waals surface area contributed by atoms with E-state index in [1.165, 1.54) is 4.90 Å². The Balaban J connectivity index is 1.51. The van der Waals surface area contributed by atoms with Crippen molar-refractivity contribution in [1.82, 2.24) is 10.3 Å². The molecule has 3 rings (SSSR count). The quantitative estimate of drug-likeness (QED) is 0.703. The van der Waals surface area contributed by atoms with Crippen molar-refractivity contribution in [3.8, 4) is 5.75 Å². The minimum Gasteiger partial charge on any atom is -0.479 e. The number of rotatable bonds is 5. The van der Waals surface area contributed by atoms with E-state index in [-0.39, 0.29) is 11.9 Å². The van der Waals surface area contributed by atoms with Gasteiger partial charge in [0.2, 0.25) is 0 Å². The van der Waals surface area contributed by atoms with Crippen LogP contribution in [-0.4, -0.2) is 43.2 Å². The fourth-order valence-electron chi connectivity index (χ4n) is 2.81. The predicted molar refractivity (Wildman–Crippen MR) is 104 cm³/mol. The lowest BCUT2D eigenvalue weighted by Gasteiger charge is -2.30. The number of pyridine rings is 1. The van der Waals surface area contributed by atoms with Gasteiger partial charge in [-0.05, 0) is 43.7 Å². The van der Waals surface area contributed by atoms with Crippen molar-refractivity contribution in [3.05, 3.63) is 42.2 Å². The van der Waals surface area contributed by atoms with Crippen LogP contribution in [0.3, 0.4) is 0 Å². The Kier molecular flexibility index (Phi) is 5.44. The molecule has 2 aromatic rings. The second-order valence-corrected chi connectivity index (χ2v) is 6.34. The monoisotopic (exact) mass is 369 g/mol. The van der Waals surface area contributed by atoms with Gasteiger partial charge in [-0.2, -0.15) is 0 Å². The molecule has 0 fully saturated rings. The molecule has 0 spiro atoms. The van der Waals surface area contributed by atoms with E-state index in [1.54, 1.807) is 44.6 Å². The van der Waals surface area contributed by atoms with Crippen molar-refractivity contribution in [2.75, 3.05) is 35.7 Å². The van der Waals surface area contributed by atoms with Gasteiger partial charge in [0.15, 0.2) is 6.10 Å². The van der Waals surface area contributed by atoms with Crippen molar-refractivity contribution in [1.29, 1.82) is 0 Å². The lowest BCUT2D eigenvalue weighted by molar-refractivity contribution is -0.125. The highest BCUT2D eigenvalue weighted by atomic mass is 16.5. The summed E-state index contributed by atoms with van der Waals surface area (Å²) < 4.78 is 5.57. The third kappa shape index (κ3) is 4.28. The summed E-state index contributed by atoms with van der Waals surface area (Å²) in [5, 5.41) is 8.80. The van der Waals surface area contributed by atoms with E-state index in [0.717, 1.165) is 11.3 Å². The van der Waals surface area contributed by atoms with Gasteiger partial charge in [-0.15, -0.1) is 0 Å². The first-order chi connectivity index (χ1) is 13.0. The lowest BCUT2D eigenvalue weighted by atomic mass is 10.2. The van der Waals surface area contributed by atoms with Crippen molar-refractivity contribution in [3.63, 3.8) is 0 Å². The molecule has 2 heterocycles. The molecule has 1 aliphatic rings. The number of carbonyl (C=O) groups is 2. The summed E-state index contributed by atoms with van der Waals surface area (Å²) in [5.41, 5.74) is 3.25. The zero-order valence-electron chi connectivity index (χ0n) is 15.6. The average molecular weight is 369 g/mol. The Labute approximate surface area is 157 Å². The molecule has 3 amide bonds. The smallest absolute Gasteiger partial charge is 0.319 e. The number of likely N-dealkylation sites (N-methyl/N-ethyl adjacent to an activating group) is 1. The van der Waals surface area contributed by atoms with E-state index in [2.05, 4.69) is 20.9 Å². The first-order valence-electron chi connectivity index (χ1n) is 8.73. The van der Waals surface area contributed by atoms with Crippen LogP contribution in [0.4, 0.5) is 21.9 Å². The largest absolute Gasteiger partial charge is 0.479 e. The van der Waals surface area contributed by atoms with E-state index in [9.17, 15) is 9.59 Å². The molecule has 27 heavy (non-hydrogen) atoms. The van der Waals surface area contributed by atoms with Crippen LogP contribution in [0.25, 0.3) is 0 Å². The third-order valence-electron chi connectivity index (χ3n) is 4.31. The van der Waals surface area contributed by atoms with E-state index < -0.39 is 6.10 Å². The highest BCUT2D eigenvalue weighted by molar-refractivity contribution is 6.00. The van der Waals surface area contributed by atoms with E-state index in [0.29, 0.717) is 30.2 Å². The number of hydrogen-bond donors (Lipinski definition) is 3. The molecule has 0 saturated carbocycles. The van der Waals surface area contributed by atoms with Crippen LogP contribution < -0.4 is 25.6 Å². The number of ether oxygens (including phenoxy) is 1. The molecular weight excluding hydrogens is 346 g/mol. The summed E-state index contributed by atoms with van der Waals surface area (Å²) in [6.45, 7) is 4.73. The van der Waals surface area contributed by atoms with Gasteiger partial charge in [0, 0.05) is 43.9 Å². The van der Waals surface area contributed by atoms with Crippen molar-refractivity contribution >= 4 is 29.0 Å². The number of nitrogens with one attached hydrogen (secondary N) is 3. The van der Waals surface area contributed by atoms with Crippen LogP contribution in [-0.2, 0) is 4.79 Å². The molecule has 8 heteroatoms. The Morgan fingerprint density at radius 1 is 1.30 bits per heavy atom. The minimum atomic E-state index is -0.513. The van der Waals surface area contributed by atoms with Crippen LogP contribution in [0, 0.1) is 6.92 Å². The molecule has 0 bridgehead atoms. The second-order valence-electron chi connectivity index (χ2n) is 6.34. The van der Waals surface area contributed by atoms with Crippen LogP contribution in [0.5, 0.6) is 5.75 Å². The minimum absolute atomic E-state index is 0.124. The van der Waals surface area contributed by atoms with E-state index in [1.807, 2.05) is 13.0 Å². The number of amides is 3. The molecule has 0 saturated heterocycles. The van der Waals surface area contributed by atoms with Crippen LogP contribution in [0.15, 0.2) is 36.7 Å². The third-order valence-corrected chi connectivity index (χ3v) is 4.31. The number of aromatic nitrogens is 1. The maximum absolute atomic E-state index is 12.1. The Hall–Kier alpha value is -3.29. The molecule has 8 nitrogen and oxygen atoms in total. The number of carbonyl (C=O) groups excluding carboxylic acids is 2. The second kappa shape index (κ2) is 7.94. The fraction of sp³-hybridized carbons (Fsp3) is 0.316. The molecule has 0 radical (unpaired) electrons. The van der Waals surface area contributed by atoms with Gasteiger partial charge in [-0.1, -0.05) is 0 Å². The number of hydrogen-bond acceptors (Lipinski definition) is 5. The SMILES string of the molecule is Cc1cnccc1NCCNC(=O)Nc1ccc2c(c1)N(C)C(=O)C(C)O2. The highest BCUT2D eigenvalue weighted by Gasteiger charge is 2.29. The molecular formula is C19H23N5O3. The van der Waals surface area contributed by atoms with Crippen molar-refractivity contribution in [2.45, 2.75) is 20.0 Å². The Bertz CT molecular complexity index is 855. The number of anilines is 3. The van der Waals surface area contributed by atoms with Gasteiger partial charge >= 0.3 is 6.03 Å². The zero-order chi connectivity index (χ0) is 19.4.